The molecule has 0 saturated heterocycles. The highest BCUT2D eigenvalue weighted by atomic mass is 32.1. The van der Waals surface area contributed by atoms with Crippen LogP contribution in [-0.4, -0.2) is 34.7 Å². The third kappa shape index (κ3) is 2.92. The molecule has 2 aromatic carbocycles. The van der Waals surface area contributed by atoms with Gasteiger partial charge < -0.3 is 14.6 Å². The second kappa shape index (κ2) is 6.77. The normalized spacial score (nSPS) is 10.9. The molecular formula is C20H16N2O4S. The number of nitrogens with zero attached hydrogens (tertiary/aromatic N) is 2. The summed E-state index contributed by atoms with van der Waals surface area (Å²) in [6.45, 7) is 0. The summed E-state index contributed by atoms with van der Waals surface area (Å²) >= 11 is 1.37. The summed E-state index contributed by atoms with van der Waals surface area (Å²) < 4.78 is 13.0. The van der Waals surface area contributed by atoms with Crippen molar-refractivity contribution in [1.29, 1.82) is 0 Å². The topological polar surface area (TPSA) is 73.1 Å². The van der Waals surface area contributed by atoms with Crippen LogP contribution in [0.4, 0.5) is 0 Å². The first-order valence-electron chi connectivity index (χ1n) is 8.14. The molecule has 0 aliphatic rings. The van der Waals surface area contributed by atoms with Crippen LogP contribution in [0, 0.1) is 0 Å². The Morgan fingerprint density at radius 3 is 2.41 bits per heavy atom. The Morgan fingerprint density at radius 1 is 1.07 bits per heavy atom. The summed E-state index contributed by atoms with van der Waals surface area (Å²) in [6, 6.07) is 13.8. The van der Waals surface area contributed by atoms with Gasteiger partial charge in [0.05, 0.1) is 19.9 Å². The highest BCUT2D eigenvalue weighted by Gasteiger charge is 2.19. The summed E-state index contributed by atoms with van der Waals surface area (Å²) in [4.78, 5) is 16.0. The molecule has 0 bridgehead atoms. The van der Waals surface area contributed by atoms with Gasteiger partial charge in [0, 0.05) is 22.7 Å². The van der Waals surface area contributed by atoms with Gasteiger partial charge in [0.2, 0.25) is 0 Å². The fourth-order valence-corrected chi connectivity index (χ4v) is 3.90. The van der Waals surface area contributed by atoms with Gasteiger partial charge in [-0.25, -0.2) is 9.78 Å². The van der Waals surface area contributed by atoms with Gasteiger partial charge in [-0.05, 0) is 17.7 Å². The van der Waals surface area contributed by atoms with Gasteiger partial charge in [-0.15, -0.1) is 11.3 Å². The maximum Gasteiger partial charge on any atom is 0.356 e. The molecule has 0 unspecified atom stereocenters. The number of aromatic nitrogens is 2. The van der Waals surface area contributed by atoms with Crippen LogP contribution in [0.15, 0.2) is 54.0 Å². The Kier molecular flexibility index (Phi) is 4.29. The molecule has 0 aliphatic heterocycles. The molecule has 0 spiro atoms. The van der Waals surface area contributed by atoms with Crippen LogP contribution in [-0.2, 0) is 0 Å². The lowest BCUT2D eigenvalue weighted by molar-refractivity contribution is 0.0691. The zero-order valence-corrected chi connectivity index (χ0v) is 15.5. The van der Waals surface area contributed by atoms with Crippen LogP contribution in [0.2, 0.25) is 0 Å². The molecule has 0 fully saturated rings. The van der Waals surface area contributed by atoms with Gasteiger partial charge in [0.15, 0.2) is 10.7 Å². The third-order valence-electron chi connectivity index (χ3n) is 4.31. The van der Waals surface area contributed by atoms with Gasteiger partial charge in [-0.2, -0.15) is 0 Å². The molecule has 0 saturated carbocycles. The van der Waals surface area contributed by atoms with Gasteiger partial charge in [0.1, 0.15) is 11.5 Å². The molecule has 0 atom stereocenters. The van der Waals surface area contributed by atoms with Gasteiger partial charge in [0.25, 0.3) is 0 Å². The Morgan fingerprint density at radius 2 is 1.74 bits per heavy atom. The van der Waals surface area contributed by atoms with E-state index < -0.39 is 5.97 Å². The number of hydrogen-bond acceptors (Lipinski definition) is 5. The lowest BCUT2D eigenvalue weighted by atomic mass is 10.0. The van der Waals surface area contributed by atoms with Crippen LogP contribution in [0.25, 0.3) is 27.3 Å². The first-order chi connectivity index (χ1) is 13.1. The summed E-state index contributed by atoms with van der Waals surface area (Å²) in [7, 11) is 3.24. The van der Waals surface area contributed by atoms with Gasteiger partial charge >= 0.3 is 5.97 Å². The number of carboxylic acid groups (broad SMARTS) is 1. The molecule has 2 heterocycles. The maximum atomic E-state index is 11.2. The monoisotopic (exact) mass is 380 g/mol. The first-order valence-corrected chi connectivity index (χ1v) is 9.02. The van der Waals surface area contributed by atoms with Crippen molar-refractivity contribution in [3.8, 4) is 33.9 Å². The Hall–Kier alpha value is -3.32. The highest BCUT2D eigenvalue weighted by molar-refractivity contribution is 7.15. The molecule has 0 amide bonds. The molecule has 2 aromatic heterocycles. The van der Waals surface area contributed by atoms with Gasteiger partial charge in [-0.1, -0.05) is 30.3 Å². The van der Waals surface area contributed by atoms with Crippen molar-refractivity contribution in [3.63, 3.8) is 0 Å². The summed E-state index contributed by atoms with van der Waals surface area (Å²) in [5.74, 6) is 0.315. The first kappa shape index (κ1) is 17.1. The standard InChI is InChI=1S/C20H16N2O4S/c1-25-17-9-14(16-11-27-20-21-15(19(23)24)10-22(16)20)18(26-2)8-13(17)12-6-4-3-5-7-12/h3-11H,1-2H3,(H,23,24). The van der Waals surface area contributed by atoms with Crippen LogP contribution in [0.3, 0.4) is 0 Å². The minimum absolute atomic E-state index is 0.00920. The minimum atomic E-state index is -1.05. The SMILES string of the molecule is COc1cc(-c2csc3nc(C(=O)O)cn23)c(OC)cc1-c1ccccc1. The number of imidazole rings is 1. The van der Waals surface area contributed by atoms with Crippen molar-refractivity contribution >= 4 is 22.3 Å². The molecule has 27 heavy (non-hydrogen) atoms. The van der Waals surface area contributed by atoms with Crippen LogP contribution < -0.4 is 9.47 Å². The van der Waals surface area contributed by atoms with Crippen LogP contribution >= 0.6 is 11.3 Å². The van der Waals surface area contributed by atoms with Crippen molar-refractivity contribution < 1.29 is 19.4 Å². The number of thiazole rings is 1. The summed E-state index contributed by atoms with van der Waals surface area (Å²) in [5.41, 5.74) is 3.54. The second-order valence-electron chi connectivity index (χ2n) is 5.82. The average molecular weight is 380 g/mol. The van der Waals surface area contributed by atoms with Crippen LogP contribution in [0.1, 0.15) is 10.5 Å². The third-order valence-corrected chi connectivity index (χ3v) is 5.15. The van der Waals surface area contributed by atoms with E-state index in [0.717, 1.165) is 22.4 Å². The predicted molar refractivity (Wildman–Crippen MR) is 104 cm³/mol. The number of methoxy groups -OCH3 is 2. The van der Waals surface area contributed by atoms with E-state index in [1.165, 1.54) is 17.5 Å². The van der Waals surface area contributed by atoms with E-state index in [1.807, 2.05) is 47.8 Å². The molecule has 4 rings (SSSR count). The zero-order valence-electron chi connectivity index (χ0n) is 14.7. The van der Waals surface area contributed by atoms with Crippen molar-refractivity contribution in [3.05, 3.63) is 59.7 Å². The number of benzene rings is 2. The lowest BCUT2D eigenvalue weighted by Gasteiger charge is -2.15. The molecule has 6 nitrogen and oxygen atoms in total. The number of aromatic carboxylic acids is 1. The van der Waals surface area contributed by atoms with Crippen LogP contribution in [0.5, 0.6) is 11.5 Å². The summed E-state index contributed by atoms with van der Waals surface area (Å²) in [6.07, 6.45) is 1.51. The minimum Gasteiger partial charge on any atom is -0.496 e. The lowest BCUT2D eigenvalue weighted by Crippen LogP contribution is -1.96. The molecule has 0 radical (unpaired) electrons. The number of carbonyl (C=O) groups is 1. The zero-order chi connectivity index (χ0) is 19.0. The number of hydrogen-bond donors (Lipinski definition) is 1. The largest absolute Gasteiger partial charge is 0.496 e. The quantitative estimate of drug-likeness (QED) is 0.554. The second-order valence-corrected chi connectivity index (χ2v) is 6.66. The van der Waals surface area contributed by atoms with E-state index in [2.05, 4.69) is 4.98 Å². The van der Waals surface area contributed by atoms with Crippen molar-refractivity contribution in [2.45, 2.75) is 0 Å². The van der Waals surface area contributed by atoms with E-state index in [1.54, 1.807) is 18.6 Å². The summed E-state index contributed by atoms with van der Waals surface area (Å²) in [5, 5.41) is 11.1. The Balaban J connectivity index is 1.92. The number of ether oxygens (including phenoxy) is 2. The maximum absolute atomic E-state index is 11.2. The van der Waals surface area contributed by atoms with E-state index in [0.29, 0.717) is 16.5 Å². The fraction of sp³-hybridized carbons (Fsp3) is 0.100. The van der Waals surface area contributed by atoms with E-state index in [4.69, 9.17) is 9.47 Å². The van der Waals surface area contributed by atoms with Crippen molar-refractivity contribution in [1.82, 2.24) is 9.38 Å². The van der Waals surface area contributed by atoms with E-state index in [-0.39, 0.29) is 5.69 Å². The molecule has 4 aromatic rings. The van der Waals surface area contributed by atoms with E-state index in [9.17, 15) is 9.90 Å². The fourth-order valence-electron chi connectivity index (χ4n) is 3.02. The molecular weight excluding hydrogens is 364 g/mol. The van der Waals surface area contributed by atoms with Crippen molar-refractivity contribution in [2.24, 2.45) is 0 Å². The Bertz CT molecular complexity index is 1130. The number of rotatable bonds is 5. The molecule has 7 heteroatoms. The highest BCUT2D eigenvalue weighted by Crippen LogP contribution is 2.41. The smallest absolute Gasteiger partial charge is 0.356 e. The molecule has 0 aliphatic carbocycles. The Labute approximate surface area is 159 Å². The molecule has 136 valence electrons. The van der Waals surface area contributed by atoms with E-state index >= 15 is 0 Å². The van der Waals surface area contributed by atoms with Gasteiger partial charge in [-0.3, -0.25) is 4.40 Å². The number of fused-ring (bicyclic) bond motifs is 1. The number of carboxylic acids is 1. The van der Waals surface area contributed by atoms with Crippen molar-refractivity contribution in [2.75, 3.05) is 14.2 Å². The average Bonchev–Trinajstić information content (AvgIpc) is 3.28. The predicted octanol–water partition coefficient (Wildman–Crippen LogP) is 4.45. The molecule has 1 N–H and O–H groups in total.